The minimum Gasteiger partial charge on any atom is -0.465 e. The van der Waals surface area contributed by atoms with Crippen molar-refractivity contribution in [3.05, 3.63) is 46.8 Å². The summed E-state index contributed by atoms with van der Waals surface area (Å²) in [7, 11) is 0. The summed E-state index contributed by atoms with van der Waals surface area (Å²) in [5.41, 5.74) is 1.23. The molecule has 0 radical (unpaired) electrons. The Morgan fingerprint density at radius 1 is 1.23 bits per heavy atom. The Labute approximate surface area is 187 Å². The molecule has 0 bridgehead atoms. The summed E-state index contributed by atoms with van der Waals surface area (Å²) in [5, 5.41) is 0.406. The highest BCUT2D eigenvalue weighted by molar-refractivity contribution is 7.99. The van der Waals surface area contributed by atoms with Crippen molar-refractivity contribution in [3.8, 4) is 11.5 Å². The fourth-order valence-corrected chi connectivity index (χ4v) is 5.09. The molecule has 0 atom stereocenters. The van der Waals surface area contributed by atoms with Gasteiger partial charge in [0.1, 0.15) is 6.54 Å². The van der Waals surface area contributed by atoms with Gasteiger partial charge >= 0.3 is 5.97 Å². The molecule has 162 valence electrons. The lowest BCUT2D eigenvalue weighted by atomic mass is 10.2. The summed E-state index contributed by atoms with van der Waals surface area (Å²) >= 11 is 3.00. The first-order chi connectivity index (χ1) is 14.9. The van der Waals surface area contributed by atoms with Gasteiger partial charge in [0.2, 0.25) is 6.79 Å². The summed E-state index contributed by atoms with van der Waals surface area (Å²) in [5.74, 6) is 0.465. The first-order valence-corrected chi connectivity index (χ1v) is 11.6. The van der Waals surface area contributed by atoms with Crippen LogP contribution in [0.1, 0.15) is 31.1 Å². The van der Waals surface area contributed by atoms with Gasteiger partial charge in [0.05, 0.1) is 16.8 Å². The number of ether oxygens (including phenoxy) is 3. The second kappa shape index (κ2) is 9.15. The summed E-state index contributed by atoms with van der Waals surface area (Å²) in [6, 6.07) is 11.1. The van der Waals surface area contributed by atoms with Crippen LogP contribution in [0, 0.1) is 0 Å². The van der Waals surface area contributed by atoms with E-state index in [2.05, 4.69) is 18.8 Å². The van der Waals surface area contributed by atoms with Gasteiger partial charge in [-0.1, -0.05) is 31.3 Å². The van der Waals surface area contributed by atoms with E-state index in [4.69, 9.17) is 14.2 Å². The number of esters is 1. The Hall–Kier alpha value is -2.78. The Balaban J connectivity index is 1.77. The van der Waals surface area contributed by atoms with E-state index < -0.39 is 5.97 Å². The molecule has 1 aliphatic heterocycles. The third kappa shape index (κ3) is 4.77. The number of hydrogen-bond acceptors (Lipinski definition) is 7. The normalized spacial score (nSPS) is 13.2. The number of thioether (sulfide) groups is 1. The van der Waals surface area contributed by atoms with E-state index in [1.54, 1.807) is 35.4 Å². The topological polar surface area (TPSA) is 79.1 Å². The number of benzene rings is 2. The summed E-state index contributed by atoms with van der Waals surface area (Å²) in [4.78, 5) is 30.9. The van der Waals surface area contributed by atoms with Gasteiger partial charge in [-0.25, -0.2) is 0 Å². The van der Waals surface area contributed by atoms with Crippen LogP contribution in [-0.2, 0) is 16.1 Å². The molecule has 0 spiro atoms. The van der Waals surface area contributed by atoms with Gasteiger partial charge in [0.15, 0.2) is 16.3 Å². The largest absolute Gasteiger partial charge is 0.465 e. The molecule has 0 fully saturated rings. The van der Waals surface area contributed by atoms with E-state index in [0.717, 1.165) is 15.1 Å². The molecule has 3 aromatic rings. The van der Waals surface area contributed by atoms with Gasteiger partial charge < -0.3 is 18.8 Å². The fraction of sp³-hybridized carbons (Fsp3) is 0.318. The van der Waals surface area contributed by atoms with Crippen LogP contribution < -0.4 is 14.3 Å². The van der Waals surface area contributed by atoms with E-state index in [9.17, 15) is 9.59 Å². The number of nitrogens with zero attached hydrogens (tertiary/aromatic N) is 2. The molecular formula is C22H22N2O5S2. The zero-order valence-corrected chi connectivity index (χ0v) is 19.0. The Morgan fingerprint density at radius 3 is 2.74 bits per heavy atom. The highest BCUT2D eigenvalue weighted by Gasteiger charge is 2.19. The molecular weight excluding hydrogens is 436 g/mol. The molecule has 4 rings (SSSR count). The van der Waals surface area contributed by atoms with Crippen LogP contribution in [0.15, 0.2) is 46.3 Å². The molecule has 1 amide bonds. The average Bonchev–Trinajstić information content (AvgIpc) is 3.30. The van der Waals surface area contributed by atoms with Crippen molar-refractivity contribution < 1.29 is 23.8 Å². The van der Waals surface area contributed by atoms with Crippen LogP contribution in [0.2, 0.25) is 0 Å². The van der Waals surface area contributed by atoms with Crippen LogP contribution in [0.4, 0.5) is 0 Å². The number of fused-ring (bicyclic) bond motifs is 2. The van der Waals surface area contributed by atoms with Crippen molar-refractivity contribution >= 4 is 45.2 Å². The van der Waals surface area contributed by atoms with E-state index in [1.807, 2.05) is 24.3 Å². The van der Waals surface area contributed by atoms with Crippen molar-refractivity contribution in [2.75, 3.05) is 13.4 Å². The minimum absolute atomic E-state index is 0.0527. The average molecular weight is 459 g/mol. The molecule has 31 heavy (non-hydrogen) atoms. The second-order valence-corrected chi connectivity index (χ2v) is 9.72. The first-order valence-electron chi connectivity index (χ1n) is 9.89. The summed E-state index contributed by atoms with van der Waals surface area (Å²) in [6.45, 7) is 6.34. The molecule has 0 aliphatic carbocycles. The lowest BCUT2D eigenvalue weighted by Gasteiger charge is -2.06. The van der Waals surface area contributed by atoms with Crippen LogP contribution in [0.25, 0.3) is 10.2 Å². The molecule has 7 nitrogen and oxygen atoms in total. The van der Waals surface area contributed by atoms with Gasteiger partial charge in [-0.05, 0) is 25.1 Å². The number of carbonyl (C=O) groups excluding carboxylic acids is 2. The Bertz CT molecular complexity index is 1210. The van der Waals surface area contributed by atoms with Crippen LogP contribution in [0.3, 0.4) is 0 Å². The SMILES string of the molecule is CCOC(=O)Cn1c(=NC(=O)c2cccc(SC(C)C)c2)sc2cc3c(cc21)OCO3. The molecule has 0 saturated carbocycles. The maximum atomic E-state index is 12.9. The predicted molar refractivity (Wildman–Crippen MR) is 120 cm³/mol. The highest BCUT2D eigenvalue weighted by Crippen LogP contribution is 2.37. The molecule has 0 N–H and O–H groups in total. The summed E-state index contributed by atoms with van der Waals surface area (Å²) < 4.78 is 18.6. The highest BCUT2D eigenvalue weighted by atomic mass is 32.2. The maximum Gasteiger partial charge on any atom is 0.326 e. The molecule has 2 heterocycles. The molecule has 9 heteroatoms. The third-order valence-electron chi connectivity index (χ3n) is 4.42. The van der Waals surface area contributed by atoms with E-state index in [0.29, 0.717) is 27.1 Å². The Morgan fingerprint density at radius 2 is 2.00 bits per heavy atom. The van der Waals surface area contributed by atoms with E-state index in [-0.39, 0.29) is 25.9 Å². The molecule has 0 saturated heterocycles. The summed E-state index contributed by atoms with van der Waals surface area (Å²) in [6.07, 6.45) is 0. The molecule has 0 unspecified atom stereocenters. The van der Waals surface area contributed by atoms with Crippen molar-refractivity contribution in [2.45, 2.75) is 37.5 Å². The fourth-order valence-electron chi connectivity index (χ4n) is 3.16. The smallest absolute Gasteiger partial charge is 0.326 e. The zero-order valence-electron chi connectivity index (χ0n) is 17.4. The number of carbonyl (C=O) groups is 2. The maximum absolute atomic E-state index is 12.9. The second-order valence-electron chi connectivity index (χ2n) is 7.06. The molecule has 1 aromatic heterocycles. The standard InChI is InChI=1S/C22H22N2O5S2/c1-4-27-20(25)11-24-16-9-17-18(29-12-28-17)10-19(16)31-22(24)23-21(26)14-6-5-7-15(8-14)30-13(2)3/h5-10,13H,4,11-12H2,1-3H3. The van der Waals surface area contributed by atoms with Gasteiger partial charge in [-0.15, -0.1) is 11.8 Å². The number of rotatable bonds is 6. The first kappa shape index (κ1) is 21.5. The Kier molecular flexibility index (Phi) is 6.33. The van der Waals surface area contributed by atoms with Crippen molar-refractivity contribution in [1.82, 2.24) is 4.57 Å². The van der Waals surface area contributed by atoms with Crippen LogP contribution in [-0.4, -0.2) is 35.1 Å². The zero-order chi connectivity index (χ0) is 22.0. The lowest BCUT2D eigenvalue weighted by Crippen LogP contribution is -2.23. The van der Waals surface area contributed by atoms with Crippen LogP contribution >= 0.6 is 23.1 Å². The van der Waals surface area contributed by atoms with Crippen LogP contribution in [0.5, 0.6) is 11.5 Å². The monoisotopic (exact) mass is 458 g/mol. The van der Waals surface area contributed by atoms with E-state index >= 15 is 0 Å². The third-order valence-corrected chi connectivity index (χ3v) is 6.46. The number of thiazole rings is 1. The van der Waals surface area contributed by atoms with E-state index in [1.165, 1.54) is 11.3 Å². The minimum atomic E-state index is -0.399. The van der Waals surface area contributed by atoms with Crippen molar-refractivity contribution in [3.63, 3.8) is 0 Å². The quantitative estimate of drug-likeness (QED) is 0.406. The molecule has 2 aromatic carbocycles. The number of aromatic nitrogens is 1. The molecule has 1 aliphatic rings. The van der Waals surface area contributed by atoms with Gasteiger partial charge in [-0.3, -0.25) is 9.59 Å². The van der Waals surface area contributed by atoms with Crippen molar-refractivity contribution in [2.24, 2.45) is 4.99 Å². The van der Waals surface area contributed by atoms with Gasteiger partial charge in [-0.2, -0.15) is 4.99 Å². The van der Waals surface area contributed by atoms with Gasteiger partial charge in [0.25, 0.3) is 5.91 Å². The van der Waals surface area contributed by atoms with Crippen molar-refractivity contribution in [1.29, 1.82) is 0 Å². The number of hydrogen-bond donors (Lipinski definition) is 0. The number of amides is 1. The lowest BCUT2D eigenvalue weighted by molar-refractivity contribution is -0.143. The van der Waals surface area contributed by atoms with Gasteiger partial charge in [0, 0.05) is 27.8 Å². The predicted octanol–water partition coefficient (Wildman–Crippen LogP) is 4.24.